The minimum Gasteiger partial charge on any atom is -0.267 e. The number of benzene rings is 1. The number of aromatic nitrogens is 4. The molecule has 3 rings (SSSR count). The van der Waals surface area contributed by atoms with Crippen LogP contribution < -0.4 is 4.72 Å². The van der Waals surface area contributed by atoms with E-state index >= 15 is 0 Å². The molecule has 0 unspecified atom stereocenters. The molecule has 0 atom stereocenters. The molecular formula is C15H17N5O2S3. The molecule has 1 aromatic carbocycles. The molecule has 0 saturated carbocycles. The summed E-state index contributed by atoms with van der Waals surface area (Å²) in [6, 6.07) is 9.75. The zero-order chi connectivity index (χ0) is 17.9. The van der Waals surface area contributed by atoms with Gasteiger partial charge in [0.25, 0.3) is 10.0 Å². The number of thioether (sulfide) groups is 1. The topological polar surface area (TPSA) is 89.8 Å². The van der Waals surface area contributed by atoms with Crippen molar-refractivity contribution in [2.75, 3.05) is 10.5 Å². The van der Waals surface area contributed by atoms with Gasteiger partial charge in [-0.25, -0.2) is 8.42 Å². The first-order valence-electron chi connectivity index (χ1n) is 7.55. The molecule has 7 nitrogen and oxygen atoms in total. The average Bonchev–Trinajstić information content (AvgIpc) is 3.15. The van der Waals surface area contributed by atoms with E-state index in [1.54, 1.807) is 11.6 Å². The van der Waals surface area contributed by atoms with E-state index in [-0.39, 0.29) is 10.0 Å². The predicted molar refractivity (Wildman–Crippen MR) is 99.6 cm³/mol. The van der Waals surface area contributed by atoms with Crippen LogP contribution in [-0.2, 0) is 16.6 Å². The molecule has 1 N–H and O–H groups in total. The van der Waals surface area contributed by atoms with Gasteiger partial charge in [0.15, 0.2) is 4.34 Å². The van der Waals surface area contributed by atoms with Gasteiger partial charge in [-0.15, -0.1) is 10.2 Å². The van der Waals surface area contributed by atoms with Gasteiger partial charge in [-0.1, -0.05) is 60.4 Å². The second-order valence-corrected chi connectivity index (χ2v) is 9.31. The smallest absolute Gasteiger partial charge is 0.267 e. The molecule has 2 aromatic heterocycles. The van der Waals surface area contributed by atoms with Crippen molar-refractivity contribution in [3.63, 3.8) is 0 Å². The fraction of sp³-hybridized carbons (Fsp3) is 0.267. The molecule has 0 saturated heterocycles. The van der Waals surface area contributed by atoms with E-state index in [1.165, 1.54) is 29.3 Å². The molecule has 0 bridgehead atoms. The van der Waals surface area contributed by atoms with E-state index in [0.29, 0.717) is 12.2 Å². The number of hydrogen-bond acceptors (Lipinski definition) is 7. The Morgan fingerprint density at radius 3 is 2.72 bits per heavy atom. The fourth-order valence-corrected chi connectivity index (χ4v) is 5.28. The number of aryl methyl sites for hydroxylation is 1. The van der Waals surface area contributed by atoms with Crippen molar-refractivity contribution in [1.82, 2.24) is 20.0 Å². The highest BCUT2D eigenvalue weighted by Gasteiger charge is 2.22. The van der Waals surface area contributed by atoms with Crippen molar-refractivity contribution in [2.24, 2.45) is 0 Å². The molecule has 0 aliphatic heterocycles. The maximum Gasteiger partial charge on any atom is 0.267 e. The molecular weight excluding hydrogens is 378 g/mol. The first kappa shape index (κ1) is 17.9. The average molecular weight is 396 g/mol. The van der Waals surface area contributed by atoms with Gasteiger partial charge in [-0.3, -0.25) is 9.40 Å². The standard InChI is InChI=1S/C15H17N5O2S3/c1-3-23-15-17-16-14(24-15)19-25(21,22)13-10-20(18-11(13)2)9-12-7-5-4-6-8-12/h4-8,10H,3,9H2,1-2H3,(H,16,19). The second kappa shape index (κ2) is 7.54. The van der Waals surface area contributed by atoms with Crippen LogP contribution in [0.5, 0.6) is 0 Å². The number of sulfonamides is 1. The summed E-state index contributed by atoms with van der Waals surface area (Å²) in [4.78, 5) is 0.142. The number of nitrogens with zero attached hydrogens (tertiary/aromatic N) is 4. The van der Waals surface area contributed by atoms with E-state index in [9.17, 15) is 8.42 Å². The fourth-order valence-electron chi connectivity index (χ4n) is 2.22. The third-order valence-electron chi connectivity index (χ3n) is 3.27. The third-order valence-corrected chi connectivity index (χ3v) is 6.70. The van der Waals surface area contributed by atoms with Crippen molar-refractivity contribution >= 4 is 38.3 Å². The molecule has 0 spiro atoms. The van der Waals surface area contributed by atoms with Crippen LogP contribution in [-0.4, -0.2) is 34.1 Å². The number of anilines is 1. The molecule has 0 fully saturated rings. The lowest BCUT2D eigenvalue weighted by Crippen LogP contribution is -2.13. The first-order valence-corrected chi connectivity index (χ1v) is 10.8. The monoisotopic (exact) mass is 395 g/mol. The highest BCUT2D eigenvalue weighted by atomic mass is 32.2. The van der Waals surface area contributed by atoms with Crippen molar-refractivity contribution in [1.29, 1.82) is 0 Å². The zero-order valence-corrected chi connectivity index (χ0v) is 16.2. The molecule has 0 amide bonds. The summed E-state index contributed by atoms with van der Waals surface area (Å²) in [5.41, 5.74) is 1.49. The Morgan fingerprint density at radius 1 is 1.24 bits per heavy atom. The number of nitrogens with one attached hydrogen (secondary N) is 1. The summed E-state index contributed by atoms with van der Waals surface area (Å²) in [5, 5.41) is 12.4. The van der Waals surface area contributed by atoms with Gasteiger partial charge in [-0.05, 0) is 18.2 Å². The maximum absolute atomic E-state index is 12.6. The van der Waals surface area contributed by atoms with Crippen LogP contribution >= 0.6 is 23.1 Å². The molecule has 10 heteroatoms. The molecule has 2 heterocycles. The van der Waals surface area contributed by atoms with Gasteiger partial charge in [0.2, 0.25) is 5.13 Å². The van der Waals surface area contributed by atoms with Crippen LogP contribution in [0.15, 0.2) is 45.8 Å². The summed E-state index contributed by atoms with van der Waals surface area (Å²) >= 11 is 2.74. The third kappa shape index (κ3) is 4.39. The van der Waals surface area contributed by atoms with Crippen LogP contribution in [0.3, 0.4) is 0 Å². The minimum atomic E-state index is -3.75. The molecule has 0 aliphatic rings. The Kier molecular flexibility index (Phi) is 5.40. The quantitative estimate of drug-likeness (QED) is 0.619. The maximum atomic E-state index is 12.6. The second-order valence-electron chi connectivity index (χ2n) is 5.17. The van der Waals surface area contributed by atoms with E-state index in [0.717, 1.165) is 15.7 Å². The zero-order valence-electron chi connectivity index (χ0n) is 13.7. The lowest BCUT2D eigenvalue weighted by molar-refractivity contribution is 0.600. The van der Waals surface area contributed by atoms with E-state index in [4.69, 9.17) is 0 Å². The van der Waals surface area contributed by atoms with E-state index in [2.05, 4.69) is 20.0 Å². The van der Waals surface area contributed by atoms with Gasteiger partial charge in [0, 0.05) is 6.20 Å². The van der Waals surface area contributed by atoms with Crippen molar-refractivity contribution in [3.8, 4) is 0 Å². The largest absolute Gasteiger partial charge is 0.267 e. The summed E-state index contributed by atoms with van der Waals surface area (Å²) in [6.45, 7) is 4.18. The summed E-state index contributed by atoms with van der Waals surface area (Å²) in [6.07, 6.45) is 1.54. The van der Waals surface area contributed by atoms with Gasteiger partial charge >= 0.3 is 0 Å². The highest BCUT2D eigenvalue weighted by Crippen LogP contribution is 2.27. The van der Waals surface area contributed by atoms with E-state index < -0.39 is 10.0 Å². The van der Waals surface area contributed by atoms with Crippen LogP contribution in [0.2, 0.25) is 0 Å². The van der Waals surface area contributed by atoms with Gasteiger partial charge in [0.1, 0.15) is 4.90 Å². The lowest BCUT2D eigenvalue weighted by Gasteiger charge is -2.02. The van der Waals surface area contributed by atoms with Gasteiger partial charge < -0.3 is 0 Å². The van der Waals surface area contributed by atoms with Crippen LogP contribution in [0.4, 0.5) is 5.13 Å². The van der Waals surface area contributed by atoms with E-state index in [1.807, 2.05) is 37.3 Å². The Balaban J connectivity index is 1.79. The SMILES string of the molecule is CCSc1nnc(NS(=O)(=O)c2cn(Cc3ccccc3)nc2C)s1. The summed E-state index contributed by atoms with van der Waals surface area (Å²) in [7, 11) is -3.75. The normalized spacial score (nSPS) is 11.6. The predicted octanol–water partition coefficient (Wildman–Crippen LogP) is 3.00. The molecule has 132 valence electrons. The molecule has 0 aliphatic carbocycles. The Bertz CT molecular complexity index is 951. The van der Waals surface area contributed by atoms with Crippen LogP contribution in [0.1, 0.15) is 18.2 Å². The van der Waals surface area contributed by atoms with Crippen LogP contribution in [0, 0.1) is 6.92 Å². The highest BCUT2D eigenvalue weighted by molar-refractivity contribution is 8.01. The summed E-state index contributed by atoms with van der Waals surface area (Å²) in [5.74, 6) is 0.854. The number of rotatable bonds is 7. The van der Waals surface area contributed by atoms with Crippen molar-refractivity contribution in [3.05, 3.63) is 47.8 Å². The van der Waals surface area contributed by atoms with Gasteiger partial charge in [-0.2, -0.15) is 5.10 Å². The molecule has 3 aromatic rings. The first-order chi connectivity index (χ1) is 12.0. The Morgan fingerprint density at radius 2 is 2.00 bits per heavy atom. The Labute approximate surface area is 154 Å². The lowest BCUT2D eigenvalue weighted by atomic mass is 10.2. The van der Waals surface area contributed by atoms with Crippen molar-refractivity contribution < 1.29 is 8.42 Å². The molecule has 25 heavy (non-hydrogen) atoms. The van der Waals surface area contributed by atoms with Crippen LogP contribution in [0.25, 0.3) is 0 Å². The summed E-state index contributed by atoms with van der Waals surface area (Å²) < 4.78 is 30.1. The van der Waals surface area contributed by atoms with Crippen molar-refractivity contribution in [2.45, 2.75) is 29.6 Å². The molecule has 0 radical (unpaired) electrons. The Hall–Kier alpha value is -1.91. The van der Waals surface area contributed by atoms with Gasteiger partial charge in [0.05, 0.1) is 12.2 Å². The minimum absolute atomic E-state index is 0.142. The number of hydrogen-bond donors (Lipinski definition) is 1.